The highest BCUT2D eigenvalue weighted by Crippen LogP contribution is 2.33. The molecular formula is C20H17Cl2N5O3. The van der Waals surface area contributed by atoms with Crippen LogP contribution in [0.1, 0.15) is 11.1 Å². The number of hydrogen-bond donors (Lipinski definition) is 1. The summed E-state index contributed by atoms with van der Waals surface area (Å²) in [5.74, 6) is -1.40. The van der Waals surface area contributed by atoms with Crippen molar-refractivity contribution in [2.45, 2.75) is 25.9 Å². The van der Waals surface area contributed by atoms with E-state index < -0.39 is 29.8 Å². The van der Waals surface area contributed by atoms with Crippen LogP contribution in [0.4, 0.5) is 11.4 Å². The topological polar surface area (TPSA) is 94.4 Å². The number of hydrogen-bond acceptors (Lipinski definition) is 6. The maximum Gasteiger partial charge on any atom is 0.263 e. The minimum Gasteiger partial charge on any atom is -0.324 e. The zero-order valence-corrected chi connectivity index (χ0v) is 17.6. The Morgan fingerprint density at radius 3 is 2.60 bits per heavy atom. The summed E-state index contributed by atoms with van der Waals surface area (Å²) in [4.78, 5) is 39.3. The third-order valence-corrected chi connectivity index (χ3v) is 5.94. The van der Waals surface area contributed by atoms with E-state index in [9.17, 15) is 14.4 Å². The molecule has 30 heavy (non-hydrogen) atoms. The Labute approximate surface area is 182 Å². The fraction of sp³-hybridized carbons (Fsp3) is 0.250. The molecular weight excluding hydrogens is 429 g/mol. The Kier molecular flexibility index (Phi) is 5.21. The molecule has 1 N–H and O–H groups in total. The van der Waals surface area contributed by atoms with Crippen LogP contribution in [0.5, 0.6) is 0 Å². The number of benzene rings is 2. The van der Waals surface area contributed by atoms with Crippen molar-refractivity contribution in [2.75, 3.05) is 16.8 Å². The van der Waals surface area contributed by atoms with Gasteiger partial charge < -0.3 is 5.32 Å². The first-order valence-corrected chi connectivity index (χ1v) is 9.90. The number of aryl methyl sites for hydroxylation is 1. The number of rotatable bonds is 4. The molecule has 2 aromatic carbocycles. The number of nitrogens with one attached hydrogen (secondary N) is 1. The molecule has 10 heteroatoms. The number of halogens is 2. The summed E-state index contributed by atoms with van der Waals surface area (Å²) in [6.07, 6.45) is 0. The molecule has 3 amide bonds. The minimum atomic E-state index is -0.988. The molecule has 1 saturated heterocycles. The van der Waals surface area contributed by atoms with Gasteiger partial charge in [0.05, 0.1) is 5.69 Å². The van der Waals surface area contributed by atoms with Gasteiger partial charge in [-0.3, -0.25) is 19.4 Å². The fourth-order valence-electron chi connectivity index (χ4n) is 3.41. The van der Waals surface area contributed by atoms with Crippen molar-refractivity contribution in [2.24, 2.45) is 10.3 Å². The Morgan fingerprint density at radius 1 is 1.10 bits per heavy atom. The van der Waals surface area contributed by atoms with Gasteiger partial charge in [0.1, 0.15) is 6.54 Å². The first kappa shape index (κ1) is 20.3. The molecule has 2 aliphatic rings. The van der Waals surface area contributed by atoms with Crippen LogP contribution in [0.25, 0.3) is 0 Å². The Balaban J connectivity index is 1.51. The standard InChI is InChI=1S/C20H17Cl2N5O3/c1-10-6-7-12(8-14(10)22)27-19(29)17-18(20(27)30)26(25-24-17)9-16(28)23-15-5-3-4-13(21)11(15)2/h3-8,17-18H,9H2,1-2H3,(H,23,28)/t17-,18-/m1/s1. The van der Waals surface area contributed by atoms with Gasteiger partial charge in [0.25, 0.3) is 11.8 Å². The number of fused-ring (bicyclic) bond motifs is 1. The lowest BCUT2D eigenvalue weighted by atomic mass is 10.1. The van der Waals surface area contributed by atoms with Crippen molar-refractivity contribution in [1.29, 1.82) is 0 Å². The smallest absolute Gasteiger partial charge is 0.263 e. The van der Waals surface area contributed by atoms with Crippen molar-refractivity contribution >= 4 is 52.3 Å². The molecule has 0 spiro atoms. The lowest BCUT2D eigenvalue weighted by Gasteiger charge is -2.20. The third-order valence-electron chi connectivity index (χ3n) is 5.12. The molecule has 0 saturated carbocycles. The summed E-state index contributed by atoms with van der Waals surface area (Å²) < 4.78 is 0. The molecule has 8 nitrogen and oxygen atoms in total. The van der Waals surface area contributed by atoms with Crippen LogP contribution in [-0.4, -0.2) is 41.4 Å². The van der Waals surface area contributed by atoms with Gasteiger partial charge in [-0.05, 0) is 49.2 Å². The normalized spacial score (nSPS) is 20.1. The molecule has 0 aromatic heterocycles. The molecule has 2 aromatic rings. The largest absolute Gasteiger partial charge is 0.324 e. The second-order valence-electron chi connectivity index (χ2n) is 7.10. The van der Waals surface area contributed by atoms with Crippen LogP contribution in [0.15, 0.2) is 46.7 Å². The zero-order chi connectivity index (χ0) is 21.6. The second-order valence-corrected chi connectivity index (χ2v) is 7.91. The number of carbonyl (C=O) groups is 3. The molecule has 2 aliphatic heterocycles. The number of amides is 3. The van der Waals surface area contributed by atoms with Gasteiger partial charge in [0, 0.05) is 15.7 Å². The van der Waals surface area contributed by atoms with Gasteiger partial charge in [-0.2, -0.15) is 5.11 Å². The Hall–Kier alpha value is -2.97. The van der Waals surface area contributed by atoms with Crippen molar-refractivity contribution < 1.29 is 14.4 Å². The van der Waals surface area contributed by atoms with E-state index in [4.69, 9.17) is 23.2 Å². The Bertz CT molecular complexity index is 1100. The number of anilines is 2. The Morgan fingerprint density at radius 2 is 1.87 bits per heavy atom. The molecule has 0 radical (unpaired) electrons. The van der Waals surface area contributed by atoms with E-state index in [2.05, 4.69) is 15.7 Å². The molecule has 2 atom stereocenters. The van der Waals surface area contributed by atoms with Gasteiger partial charge in [-0.15, -0.1) is 0 Å². The average Bonchev–Trinajstić information content (AvgIpc) is 3.21. The van der Waals surface area contributed by atoms with Gasteiger partial charge in [-0.25, -0.2) is 4.90 Å². The van der Waals surface area contributed by atoms with E-state index in [1.807, 2.05) is 6.92 Å². The summed E-state index contributed by atoms with van der Waals surface area (Å²) in [6.45, 7) is 3.37. The highest BCUT2D eigenvalue weighted by molar-refractivity contribution is 6.32. The minimum absolute atomic E-state index is 0.238. The molecule has 0 unspecified atom stereocenters. The molecule has 0 aliphatic carbocycles. The first-order chi connectivity index (χ1) is 14.3. The molecule has 154 valence electrons. The van der Waals surface area contributed by atoms with Crippen molar-refractivity contribution in [3.05, 3.63) is 57.6 Å². The molecule has 4 rings (SSSR count). The van der Waals surface area contributed by atoms with E-state index in [-0.39, 0.29) is 6.54 Å². The lowest BCUT2D eigenvalue weighted by Crippen LogP contribution is -2.43. The zero-order valence-electron chi connectivity index (χ0n) is 16.1. The van der Waals surface area contributed by atoms with E-state index in [0.717, 1.165) is 16.0 Å². The predicted octanol–water partition coefficient (Wildman–Crippen LogP) is 3.54. The van der Waals surface area contributed by atoms with Crippen molar-refractivity contribution in [1.82, 2.24) is 5.01 Å². The first-order valence-electron chi connectivity index (χ1n) is 9.14. The molecule has 1 fully saturated rings. The predicted molar refractivity (Wildman–Crippen MR) is 113 cm³/mol. The van der Waals surface area contributed by atoms with Crippen LogP contribution < -0.4 is 10.2 Å². The van der Waals surface area contributed by atoms with E-state index >= 15 is 0 Å². The highest BCUT2D eigenvalue weighted by Gasteiger charge is 2.55. The van der Waals surface area contributed by atoms with Crippen molar-refractivity contribution in [3.63, 3.8) is 0 Å². The van der Waals surface area contributed by atoms with Crippen LogP contribution in [0.2, 0.25) is 10.0 Å². The summed E-state index contributed by atoms with van der Waals surface area (Å²) in [7, 11) is 0. The average molecular weight is 446 g/mol. The maximum atomic E-state index is 13.0. The van der Waals surface area contributed by atoms with Gasteiger partial charge in [-0.1, -0.05) is 40.6 Å². The fourth-order valence-corrected chi connectivity index (χ4v) is 3.76. The summed E-state index contributed by atoms with van der Waals surface area (Å²) in [5.41, 5.74) is 2.48. The highest BCUT2D eigenvalue weighted by atomic mass is 35.5. The van der Waals surface area contributed by atoms with E-state index in [1.54, 1.807) is 43.3 Å². The van der Waals surface area contributed by atoms with E-state index in [1.165, 1.54) is 5.01 Å². The van der Waals surface area contributed by atoms with Gasteiger partial charge in [0.15, 0.2) is 12.1 Å². The van der Waals surface area contributed by atoms with Gasteiger partial charge in [0.2, 0.25) is 5.91 Å². The van der Waals surface area contributed by atoms with Crippen LogP contribution in [0, 0.1) is 13.8 Å². The van der Waals surface area contributed by atoms with Crippen LogP contribution in [-0.2, 0) is 14.4 Å². The monoisotopic (exact) mass is 445 g/mol. The van der Waals surface area contributed by atoms with Crippen LogP contribution >= 0.6 is 23.2 Å². The summed E-state index contributed by atoms with van der Waals surface area (Å²) in [6, 6.07) is 8.15. The molecule has 2 heterocycles. The quantitative estimate of drug-likeness (QED) is 0.727. The van der Waals surface area contributed by atoms with Crippen molar-refractivity contribution in [3.8, 4) is 0 Å². The van der Waals surface area contributed by atoms with Crippen LogP contribution in [0.3, 0.4) is 0 Å². The SMILES string of the molecule is Cc1ccc(N2C(=O)[C@@H]3N=NN(CC(=O)Nc4cccc(Cl)c4C)[C@H]3C2=O)cc1Cl. The number of imide groups is 1. The third kappa shape index (κ3) is 3.42. The molecule has 0 bridgehead atoms. The lowest BCUT2D eigenvalue weighted by molar-refractivity contribution is -0.123. The summed E-state index contributed by atoms with van der Waals surface area (Å²) >= 11 is 12.2. The second kappa shape index (κ2) is 7.70. The van der Waals surface area contributed by atoms with Gasteiger partial charge >= 0.3 is 0 Å². The maximum absolute atomic E-state index is 13.0. The van der Waals surface area contributed by atoms with E-state index in [0.29, 0.717) is 21.4 Å². The summed E-state index contributed by atoms with van der Waals surface area (Å²) in [5, 5.41) is 12.8. The number of nitrogens with zero attached hydrogens (tertiary/aromatic N) is 4. The number of carbonyl (C=O) groups excluding carboxylic acids is 3.